The minimum atomic E-state index is -0.105. The van der Waals surface area contributed by atoms with Gasteiger partial charge >= 0.3 is 0 Å². The second-order valence-electron chi connectivity index (χ2n) is 4.07. The third-order valence-corrected chi connectivity index (χ3v) is 4.35. The highest BCUT2D eigenvalue weighted by Crippen LogP contribution is 2.30. The number of anilines is 1. The summed E-state index contributed by atoms with van der Waals surface area (Å²) in [5.41, 5.74) is 2.32. The lowest BCUT2D eigenvalue weighted by atomic mass is 10.2. The molecule has 8 heteroatoms. The van der Waals surface area contributed by atoms with Crippen LogP contribution in [-0.4, -0.2) is 35.1 Å². The van der Waals surface area contributed by atoms with Gasteiger partial charge in [-0.25, -0.2) is 0 Å². The summed E-state index contributed by atoms with van der Waals surface area (Å²) in [7, 11) is 0. The molecule has 118 valence electrons. The Labute approximate surface area is 137 Å². The summed E-state index contributed by atoms with van der Waals surface area (Å²) in [6.07, 6.45) is 0. The molecule has 0 atom stereocenters. The number of nitrogens with one attached hydrogen (secondary N) is 1. The number of carbonyl (C=O) groups excluding carboxylic acids is 1. The highest BCUT2D eigenvalue weighted by atomic mass is 32.2. The molecule has 1 N–H and O–H groups in total. The second-order valence-corrected chi connectivity index (χ2v) is 6.12. The van der Waals surface area contributed by atoms with Crippen molar-refractivity contribution in [3.63, 3.8) is 0 Å². The van der Waals surface area contributed by atoms with Crippen molar-refractivity contribution in [2.45, 2.75) is 18.2 Å². The molecule has 1 aromatic carbocycles. The molecule has 0 bridgehead atoms. The van der Waals surface area contributed by atoms with E-state index in [1.165, 1.54) is 23.1 Å². The molecule has 0 radical (unpaired) electrons. The van der Waals surface area contributed by atoms with E-state index in [2.05, 4.69) is 15.5 Å². The van der Waals surface area contributed by atoms with Gasteiger partial charge in [-0.3, -0.25) is 4.79 Å². The van der Waals surface area contributed by atoms with Crippen LogP contribution in [0, 0.1) is 0 Å². The van der Waals surface area contributed by atoms with Gasteiger partial charge in [-0.1, -0.05) is 23.1 Å². The van der Waals surface area contributed by atoms with E-state index >= 15 is 0 Å². The van der Waals surface area contributed by atoms with Gasteiger partial charge in [-0.2, -0.15) is 0 Å². The molecule has 2 aromatic rings. The Bertz CT molecular complexity index is 605. The van der Waals surface area contributed by atoms with Crippen LogP contribution in [0.4, 0.5) is 5.69 Å². The van der Waals surface area contributed by atoms with Crippen molar-refractivity contribution in [1.82, 2.24) is 10.2 Å². The Balaban J connectivity index is 1.96. The summed E-state index contributed by atoms with van der Waals surface area (Å²) < 4.78 is 11.8. The van der Waals surface area contributed by atoms with Crippen LogP contribution in [0.3, 0.4) is 0 Å². The molecular weight excluding hydrogens is 322 g/mol. The normalized spacial score (nSPS) is 10.3. The minimum absolute atomic E-state index is 0.105. The molecule has 6 nitrogen and oxygen atoms in total. The Morgan fingerprint density at radius 1 is 1.27 bits per heavy atom. The largest absolute Gasteiger partial charge is 0.490 e. The molecule has 2 rings (SSSR count). The van der Waals surface area contributed by atoms with Gasteiger partial charge in [-0.15, -0.1) is 10.2 Å². The number of ether oxygens (including phenoxy) is 2. The summed E-state index contributed by atoms with van der Waals surface area (Å²) in [6.45, 7) is 4.91. The maximum atomic E-state index is 11.9. The number of aromatic nitrogens is 2. The smallest absolute Gasteiger partial charge is 0.234 e. The van der Waals surface area contributed by atoms with Crippen molar-refractivity contribution in [2.24, 2.45) is 0 Å². The number of hydrogen-bond donors (Lipinski definition) is 1. The third-order valence-electron chi connectivity index (χ3n) is 2.49. The first-order valence-electron chi connectivity index (χ1n) is 6.81. The van der Waals surface area contributed by atoms with E-state index in [9.17, 15) is 4.79 Å². The number of carbonyl (C=O) groups is 1. The zero-order valence-electron chi connectivity index (χ0n) is 12.4. The number of benzene rings is 1. The molecule has 1 aromatic heterocycles. The fourth-order valence-electron chi connectivity index (χ4n) is 1.68. The molecule has 0 aliphatic heterocycles. The van der Waals surface area contributed by atoms with E-state index in [1.807, 2.05) is 13.8 Å². The molecule has 1 amide bonds. The zero-order valence-corrected chi connectivity index (χ0v) is 14.0. The van der Waals surface area contributed by atoms with E-state index in [-0.39, 0.29) is 11.7 Å². The predicted molar refractivity (Wildman–Crippen MR) is 88.0 cm³/mol. The molecular formula is C14H17N3O3S2. The van der Waals surface area contributed by atoms with E-state index in [0.717, 1.165) is 4.34 Å². The number of nitrogens with zero attached hydrogens (tertiary/aromatic N) is 2. The van der Waals surface area contributed by atoms with Crippen LogP contribution in [0.5, 0.6) is 11.5 Å². The van der Waals surface area contributed by atoms with Crippen molar-refractivity contribution >= 4 is 34.7 Å². The summed E-state index contributed by atoms with van der Waals surface area (Å²) in [6, 6.07) is 5.35. The summed E-state index contributed by atoms with van der Waals surface area (Å²) >= 11 is 2.77. The van der Waals surface area contributed by atoms with Gasteiger partial charge in [0.05, 0.1) is 19.0 Å². The first kappa shape index (κ1) is 16.6. The van der Waals surface area contributed by atoms with Crippen LogP contribution < -0.4 is 14.8 Å². The molecule has 0 aliphatic carbocycles. The maximum Gasteiger partial charge on any atom is 0.234 e. The lowest BCUT2D eigenvalue weighted by Crippen LogP contribution is -2.14. The number of hydrogen-bond acceptors (Lipinski definition) is 7. The molecule has 0 spiro atoms. The number of amides is 1. The summed E-state index contributed by atoms with van der Waals surface area (Å²) in [5, 5.41) is 10.4. The van der Waals surface area contributed by atoms with Crippen molar-refractivity contribution in [3.05, 3.63) is 23.7 Å². The first-order chi connectivity index (χ1) is 10.7. The average Bonchev–Trinajstić information content (AvgIpc) is 3.02. The fourth-order valence-corrected chi connectivity index (χ4v) is 2.97. The summed E-state index contributed by atoms with van der Waals surface area (Å²) in [5.74, 6) is 1.48. The molecule has 0 fully saturated rings. The van der Waals surface area contributed by atoms with Crippen LogP contribution in [0.1, 0.15) is 13.8 Å². The second kappa shape index (κ2) is 8.60. The standard InChI is InChI=1S/C14H17N3O3S2/c1-3-19-11-6-5-10(7-12(11)20-4-2)16-13(18)8-21-14-17-15-9-22-14/h5-7,9H,3-4,8H2,1-2H3,(H,16,18). The van der Waals surface area contributed by atoms with Gasteiger partial charge in [0.25, 0.3) is 0 Å². The van der Waals surface area contributed by atoms with Crippen molar-refractivity contribution in [2.75, 3.05) is 24.3 Å². The van der Waals surface area contributed by atoms with E-state index in [1.54, 1.807) is 23.7 Å². The first-order valence-corrected chi connectivity index (χ1v) is 8.68. The number of rotatable bonds is 8. The van der Waals surface area contributed by atoms with E-state index in [0.29, 0.717) is 30.4 Å². The molecule has 22 heavy (non-hydrogen) atoms. The third kappa shape index (κ3) is 4.88. The van der Waals surface area contributed by atoms with E-state index in [4.69, 9.17) is 9.47 Å². The summed E-state index contributed by atoms with van der Waals surface area (Å²) in [4.78, 5) is 11.9. The van der Waals surface area contributed by atoms with E-state index < -0.39 is 0 Å². The quantitative estimate of drug-likeness (QED) is 0.745. The lowest BCUT2D eigenvalue weighted by Gasteiger charge is -2.12. The topological polar surface area (TPSA) is 73.3 Å². The van der Waals surface area contributed by atoms with Gasteiger partial charge in [-0.05, 0) is 26.0 Å². The Morgan fingerprint density at radius 3 is 2.73 bits per heavy atom. The van der Waals surface area contributed by atoms with Crippen LogP contribution >= 0.6 is 23.1 Å². The van der Waals surface area contributed by atoms with Gasteiger partial charge in [0.2, 0.25) is 5.91 Å². The SMILES string of the molecule is CCOc1ccc(NC(=O)CSc2nncs2)cc1OCC. The molecule has 0 saturated carbocycles. The zero-order chi connectivity index (χ0) is 15.8. The van der Waals surface area contributed by atoms with Crippen LogP contribution in [-0.2, 0) is 4.79 Å². The number of thioether (sulfide) groups is 1. The lowest BCUT2D eigenvalue weighted by molar-refractivity contribution is -0.113. The average molecular weight is 339 g/mol. The van der Waals surface area contributed by atoms with Crippen LogP contribution in [0.15, 0.2) is 28.0 Å². The van der Waals surface area contributed by atoms with Crippen molar-refractivity contribution in [1.29, 1.82) is 0 Å². The molecule has 0 aliphatic rings. The Hall–Kier alpha value is -1.80. The van der Waals surface area contributed by atoms with Gasteiger partial charge in [0.15, 0.2) is 15.8 Å². The van der Waals surface area contributed by atoms with Crippen molar-refractivity contribution < 1.29 is 14.3 Å². The van der Waals surface area contributed by atoms with Crippen LogP contribution in [0.2, 0.25) is 0 Å². The minimum Gasteiger partial charge on any atom is -0.490 e. The Morgan fingerprint density at radius 2 is 2.05 bits per heavy atom. The van der Waals surface area contributed by atoms with Gasteiger partial charge < -0.3 is 14.8 Å². The van der Waals surface area contributed by atoms with Gasteiger partial charge in [0.1, 0.15) is 5.51 Å². The highest BCUT2D eigenvalue weighted by molar-refractivity contribution is 8.01. The molecule has 1 heterocycles. The monoisotopic (exact) mass is 339 g/mol. The Kier molecular flexibility index (Phi) is 6.47. The van der Waals surface area contributed by atoms with Crippen molar-refractivity contribution in [3.8, 4) is 11.5 Å². The molecule has 0 unspecified atom stereocenters. The predicted octanol–water partition coefficient (Wildman–Crippen LogP) is 3.07. The highest BCUT2D eigenvalue weighted by Gasteiger charge is 2.09. The van der Waals surface area contributed by atoms with Gasteiger partial charge in [0, 0.05) is 11.8 Å². The fraction of sp³-hybridized carbons (Fsp3) is 0.357. The maximum absolute atomic E-state index is 11.9. The molecule has 0 saturated heterocycles. The van der Waals surface area contributed by atoms with Crippen LogP contribution in [0.25, 0.3) is 0 Å².